The number of halogens is 1. The highest BCUT2D eigenvalue weighted by Gasteiger charge is 2.31. The number of oxazole rings is 1. The molecule has 2 aromatic carbocycles. The van der Waals surface area contributed by atoms with Gasteiger partial charge in [-0.15, -0.1) is 12.4 Å². The summed E-state index contributed by atoms with van der Waals surface area (Å²) in [7, 11) is 0. The molecule has 190 valence electrons. The van der Waals surface area contributed by atoms with Crippen molar-refractivity contribution in [2.24, 2.45) is 11.7 Å². The van der Waals surface area contributed by atoms with E-state index in [4.69, 9.17) is 20.5 Å². The number of rotatable bonds is 7. The molecular weight excluding hydrogens is 472 g/mol. The van der Waals surface area contributed by atoms with Gasteiger partial charge in [-0.05, 0) is 67.5 Å². The van der Waals surface area contributed by atoms with Crippen LogP contribution in [0, 0.1) is 11.3 Å². The largest absolute Gasteiger partial charge is 0.444 e. The first-order valence-corrected chi connectivity index (χ1v) is 12.9. The lowest BCUT2D eigenvalue weighted by atomic mass is 9.85. The van der Waals surface area contributed by atoms with Gasteiger partial charge in [-0.3, -0.25) is 10.2 Å². The summed E-state index contributed by atoms with van der Waals surface area (Å²) >= 11 is 0. The zero-order valence-corrected chi connectivity index (χ0v) is 21.4. The number of hydrogen-bond donors (Lipinski definition) is 2. The monoisotopic (exact) mass is 506 g/mol. The zero-order valence-electron chi connectivity index (χ0n) is 20.6. The van der Waals surface area contributed by atoms with Crippen molar-refractivity contribution < 1.29 is 9.21 Å². The highest BCUT2D eigenvalue weighted by atomic mass is 35.5. The van der Waals surface area contributed by atoms with E-state index in [0.717, 1.165) is 42.0 Å². The van der Waals surface area contributed by atoms with Gasteiger partial charge in [0.1, 0.15) is 17.8 Å². The molecule has 7 heteroatoms. The Kier molecular flexibility index (Phi) is 8.47. The summed E-state index contributed by atoms with van der Waals surface area (Å²) in [6, 6.07) is 15.6. The van der Waals surface area contributed by atoms with Crippen molar-refractivity contribution in [1.29, 1.82) is 5.41 Å². The molecule has 0 bridgehead atoms. The maximum Gasteiger partial charge on any atom is 0.254 e. The maximum absolute atomic E-state index is 12.9. The number of likely N-dealkylation sites (tertiary alicyclic amines) is 1. The van der Waals surface area contributed by atoms with Gasteiger partial charge in [-0.1, -0.05) is 50.3 Å². The average molecular weight is 507 g/mol. The van der Waals surface area contributed by atoms with Crippen LogP contribution in [0.15, 0.2) is 59.2 Å². The van der Waals surface area contributed by atoms with E-state index in [1.807, 2.05) is 12.1 Å². The molecule has 0 spiro atoms. The lowest BCUT2D eigenvalue weighted by molar-refractivity contribution is 0.0769. The maximum atomic E-state index is 12.9. The molecule has 1 aliphatic heterocycles. The summed E-state index contributed by atoms with van der Waals surface area (Å²) in [5.74, 6) is 1.37. The third kappa shape index (κ3) is 5.81. The van der Waals surface area contributed by atoms with Gasteiger partial charge in [0.05, 0.1) is 6.04 Å². The molecule has 6 nitrogen and oxygen atoms in total. The molecule has 1 saturated carbocycles. The number of nitrogens with zero attached hydrogens (tertiary/aromatic N) is 2. The van der Waals surface area contributed by atoms with Crippen LogP contribution in [0.25, 0.3) is 22.7 Å². The number of aromatic nitrogens is 1. The molecule has 0 unspecified atom stereocenters. The van der Waals surface area contributed by atoms with Crippen LogP contribution >= 0.6 is 12.4 Å². The smallest absolute Gasteiger partial charge is 0.254 e. The van der Waals surface area contributed by atoms with Crippen LogP contribution < -0.4 is 5.73 Å². The van der Waals surface area contributed by atoms with Crippen LogP contribution in [0.5, 0.6) is 0 Å². The normalized spacial score (nSPS) is 18.1. The molecule has 1 aliphatic carbocycles. The predicted octanol–water partition coefficient (Wildman–Crippen LogP) is 6.48. The van der Waals surface area contributed by atoms with Crippen LogP contribution in [-0.4, -0.2) is 34.2 Å². The molecule has 3 N–H and O–H groups in total. The van der Waals surface area contributed by atoms with Crippen molar-refractivity contribution in [2.75, 3.05) is 6.54 Å². The standard InChI is InChI=1S/C29H34N4O2.ClH/c30-27(31)26-10-5-17-33(26)29(34)23-15-13-22(14-16-23)28-32-25(19-35-28)24-9-4-8-21(18-24)12-11-20-6-2-1-3-7-20;/h4,8-9,13-16,18-20,26H,1-3,5-7,10-12,17H2,(H3,30,31);1H/t26-;/m0./s1. The number of hydrogen-bond acceptors (Lipinski definition) is 4. The fourth-order valence-electron chi connectivity index (χ4n) is 5.53. The van der Waals surface area contributed by atoms with Crippen molar-refractivity contribution in [3.63, 3.8) is 0 Å². The molecule has 3 aromatic rings. The molecule has 1 aromatic heterocycles. The fourth-order valence-corrected chi connectivity index (χ4v) is 5.53. The van der Waals surface area contributed by atoms with Gasteiger partial charge >= 0.3 is 0 Å². The molecule has 5 rings (SSSR count). The first-order chi connectivity index (χ1) is 17.1. The second-order valence-electron chi connectivity index (χ2n) is 9.97. The van der Waals surface area contributed by atoms with Gasteiger partial charge in [0.15, 0.2) is 0 Å². The molecular formula is C29H35ClN4O2. The summed E-state index contributed by atoms with van der Waals surface area (Å²) in [6.45, 7) is 0.633. The summed E-state index contributed by atoms with van der Waals surface area (Å²) < 4.78 is 5.80. The molecule has 0 radical (unpaired) electrons. The van der Waals surface area contributed by atoms with Crippen LogP contribution in [-0.2, 0) is 6.42 Å². The molecule has 1 atom stereocenters. The van der Waals surface area contributed by atoms with E-state index >= 15 is 0 Å². The predicted molar refractivity (Wildman–Crippen MR) is 145 cm³/mol. The number of carbonyl (C=O) groups excluding carboxylic acids is 1. The number of nitrogens with one attached hydrogen (secondary N) is 1. The van der Waals surface area contributed by atoms with Gasteiger partial charge in [0.2, 0.25) is 5.89 Å². The number of amidine groups is 1. The number of benzene rings is 2. The Labute approximate surface area is 219 Å². The highest BCUT2D eigenvalue weighted by Crippen LogP contribution is 2.29. The summed E-state index contributed by atoms with van der Waals surface area (Å²) in [6.07, 6.45) is 12.6. The highest BCUT2D eigenvalue weighted by molar-refractivity contribution is 5.98. The molecule has 1 amide bonds. The second-order valence-corrected chi connectivity index (χ2v) is 9.97. The van der Waals surface area contributed by atoms with Crippen LogP contribution in [0.3, 0.4) is 0 Å². The summed E-state index contributed by atoms with van der Waals surface area (Å²) in [4.78, 5) is 19.3. The number of aryl methyl sites for hydroxylation is 1. The van der Waals surface area contributed by atoms with Crippen LogP contribution in [0.2, 0.25) is 0 Å². The Bertz CT molecular complexity index is 1180. The minimum atomic E-state index is -0.296. The third-order valence-electron chi connectivity index (χ3n) is 7.54. The van der Waals surface area contributed by atoms with E-state index in [-0.39, 0.29) is 30.2 Å². The first-order valence-electron chi connectivity index (χ1n) is 12.9. The molecule has 36 heavy (non-hydrogen) atoms. The fraction of sp³-hybridized carbons (Fsp3) is 0.414. The Morgan fingerprint density at radius 1 is 1.03 bits per heavy atom. The van der Waals surface area contributed by atoms with Crippen molar-refractivity contribution in [2.45, 2.75) is 63.8 Å². The molecule has 2 fully saturated rings. The summed E-state index contributed by atoms with van der Waals surface area (Å²) in [5, 5.41) is 7.74. The minimum absolute atomic E-state index is 0. The SMILES string of the molecule is Cl.N=C(N)[C@@H]1CCCN1C(=O)c1ccc(-c2nc(-c3cccc(CCC4CCCCC4)c3)co2)cc1. The molecule has 2 aliphatic rings. The van der Waals surface area contributed by atoms with E-state index < -0.39 is 0 Å². The minimum Gasteiger partial charge on any atom is -0.444 e. The van der Waals surface area contributed by atoms with Crippen molar-refractivity contribution in [3.05, 3.63) is 65.9 Å². The Balaban J connectivity index is 0.00000304. The first kappa shape index (κ1) is 26.0. The molecule has 2 heterocycles. The Hall–Kier alpha value is -3.12. The van der Waals surface area contributed by atoms with E-state index in [2.05, 4.69) is 24.3 Å². The van der Waals surface area contributed by atoms with Crippen molar-refractivity contribution >= 4 is 24.1 Å². The van der Waals surface area contributed by atoms with Gasteiger partial charge in [0.25, 0.3) is 5.91 Å². The van der Waals surface area contributed by atoms with Crippen molar-refractivity contribution in [1.82, 2.24) is 9.88 Å². The number of nitrogens with two attached hydrogens (primary N) is 1. The van der Waals surface area contributed by atoms with Crippen LogP contribution in [0.4, 0.5) is 0 Å². The lowest BCUT2D eigenvalue weighted by Crippen LogP contribution is -2.43. The number of carbonyl (C=O) groups is 1. The van der Waals surface area contributed by atoms with E-state index in [9.17, 15) is 4.79 Å². The van der Waals surface area contributed by atoms with Crippen LogP contribution in [0.1, 0.15) is 67.3 Å². The van der Waals surface area contributed by atoms with Gasteiger partial charge < -0.3 is 15.1 Å². The Morgan fingerprint density at radius 3 is 2.56 bits per heavy atom. The topological polar surface area (TPSA) is 96.2 Å². The van der Waals surface area contributed by atoms with Gasteiger partial charge in [-0.25, -0.2) is 4.98 Å². The third-order valence-corrected chi connectivity index (χ3v) is 7.54. The number of amides is 1. The van der Waals surface area contributed by atoms with E-state index in [1.165, 1.54) is 44.1 Å². The van der Waals surface area contributed by atoms with Gasteiger partial charge in [-0.2, -0.15) is 0 Å². The van der Waals surface area contributed by atoms with Gasteiger partial charge in [0, 0.05) is 23.2 Å². The van der Waals surface area contributed by atoms with E-state index in [1.54, 1.807) is 23.3 Å². The van der Waals surface area contributed by atoms with E-state index in [0.29, 0.717) is 18.0 Å². The lowest BCUT2D eigenvalue weighted by Gasteiger charge is -2.23. The zero-order chi connectivity index (χ0) is 24.2. The Morgan fingerprint density at radius 2 is 1.81 bits per heavy atom. The summed E-state index contributed by atoms with van der Waals surface area (Å²) in [5.41, 5.74) is 10.3. The molecule has 1 saturated heterocycles. The second kappa shape index (κ2) is 11.7. The van der Waals surface area contributed by atoms with Crippen molar-refractivity contribution in [3.8, 4) is 22.7 Å². The quantitative estimate of drug-likeness (QED) is 0.283. The average Bonchev–Trinajstić information content (AvgIpc) is 3.59.